The lowest BCUT2D eigenvalue weighted by Crippen LogP contribution is -2.48. The molecule has 2 aliphatic heterocycles. The lowest BCUT2D eigenvalue weighted by atomic mass is 10.0. The maximum Gasteiger partial charge on any atom is 0.251 e. The molecule has 7 nitrogen and oxygen atoms in total. The van der Waals surface area contributed by atoms with Gasteiger partial charge >= 0.3 is 0 Å². The van der Waals surface area contributed by atoms with Gasteiger partial charge in [0, 0.05) is 38.3 Å². The maximum atomic E-state index is 12.8. The molecule has 7 heteroatoms. The van der Waals surface area contributed by atoms with Crippen molar-refractivity contribution in [3.8, 4) is 17.2 Å². The summed E-state index contributed by atoms with van der Waals surface area (Å²) in [5.41, 5.74) is 1.74. The van der Waals surface area contributed by atoms with E-state index in [0.717, 1.165) is 31.9 Å². The molecule has 0 unspecified atom stereocenters. The highest BCUT2D eigenvalue weighted by Crippen LogP contribution is 2.32. The van der Waals surface area contributed by atoms with Crippen LogP contribution in [0.2, 0.25) is 0 Å². The molecule has 0 saturated carbocycles. The first-order chi connectivity index (χ1) is 14.1. The van der Waals surface area contributed by atoms with Gasteiger partial charge in [-0.05, 0) is 42.9 Å². The lowest BCUT2D eigenvalue weighted by Gasteiger charge is -2.38. The molecule has 29 heavy (non-hydrogen) atoms. The second kappa shape index (κ2) is 8.71. The predicted molar refractivity (Wildman–Crippen MR) is 110 cm³/mol. The molecule has 2 aromatic carbocycles. The molecule has 1 amide bonds. The van der Waals surface area contributed by atoms with E-state index in [2.05, 4.69) is 34.3 Å². The molecule has 2 aromatic rings. The van der Waals surface area contributed by atoms with Crippen LogP contribution in [0.25, 0.3) is 0 Å². The fourth-order valence-electron chi connectivity index (χ4n) is 3.75. The van der Waals surface area contributed by atoms with Gasteiger partial charge in [-0.2, -0.15) is 0 Å². The molecule has 0 spiro atoms. The van der Waals surface area contributed by atoms with Crippen LogP contribution in [0.15, 0.2) is 42.5 Å². The number of piperazine rings is 1. The zero-order valence-corrected chi connectivity index (χ0v) is 16.9. The molecule has 1 fully saturated rings. The molecule has 154 valence electrons. The van der Waals surface area contributed by atoms with Crippen LogP contribution in [0.3, 0.4) is 0 Å². The third kappa shape index (κ3) is 4.46. The fraction of sp³-hybridized carbons (Fsp3) is 0.409. The van der Waals surface area contributed by atoms with Gasteiger partial charge in [-0.3, -0.25) is 9.69 Å². The minimum Gasteiger partial charge on any atom is -0.497 e. The Morgan fingerprint density at radius 3 is 2.52 bits per heavy atom. The summed E-state index contributed by atoms with van der Waals surface area (Å²) in [6.45, 7) is 4.69. The van der Waals surface area contributed by atoms with Crippen molar-refractivity contribution in [2.45, 2.75) is 6.04 Å². The van der Waals surface area contributed by atoms with Crippen LogP contribution in [-0.4, -0.2) is 69.4 Å². The first-order valence-electron chi connectivity index (χ1n) is 9.88. The van der Waals surface area contributed by atoms with Gasteiger partial charge < -0.3 is 24.4 Å². The Morgan fingerprint density at radius 1 is 1.07 bits per heavy atom. The quantitative estimate of drug-likeness (QED) is 0.806. The first kappa shape index (κ1) is 19.5. The zero-order valence-electron chi connectivity index (χ0n) is 16.9. The smallest absolute Gasteiger partial charge is 0.251 e. The largest absolute Gasteiger partial charge is 0.497 e. The first-order valence-corrected chi connectivity index (χ1v) is 9.88. The van der Waals surface area contributed by atoms with E-state index in [1.165, 1.54) is 5.56 Å². The number of methoxy groups -OCH3 is 1. The highest BCUT2D eigenvalue weighted by Gasteiger charge is 2.25. The predicted octanol–water partition coefficient (Wildman–Crippen LogP) is 2.14. The standard InChI is InChI=1S/C22H27N3O4/c1-24-9-11-25(12-10-24)19(16-3-6-18(27-2)7-4-16)14-23-22(26)17-5-8-20-21(13-17)29-15-28-20/h3-8,13,19H,9-12,14-15H2,1-2H3,(H,23,26)/t19-/m0/s1. The molecule has 2 aliphatic rings. The number of rotatable bonds is 6. The summed E-state index contributed by atoms with van der Waals surface area (Å²) in [7, 11) is 3.81. The second-order valence-corrected chi connectivity index (χ2v) is 7.41. The van der Waals surface area contributed by atoms with Crippen LogP contribution in [-0.2, 0) is 0 Å². The second-order valence-electron chi connectivity index (χ2n) is 7.41. The number of hydrogen-bond donors (Lipinski definition) is 1. The van der Waals surface area contributed by atoms with E-state index in [0.29, 0.717) is 23.6 Å². The minimum atomic E-state index is -0.115. The van der Waals surface area contributed by atoms with Crippen molar-refractivity contribution in [3.63, 3.8) is 0 Å². The molecule has 2 heterocycles. The van der Waals surface area contributed by atoms with Gasteiger partial charge in [0.05, 0.1) is 13.2 Å². The number of likely N-dealkylation sites (N-methyl/N-ethyl adjacent to an activating group) is 1. The average molecular weight is 397 g/mol. The van der Waals surface area contributed by atoms with Gasteiger partial charge in [0.2, 0.25) is 6.79 Å². The summed E-state index contributed by atoms with van der Waals surface area (Å²) in [6.07, 6.45) is 0. The summed E-state index contributed by atoms with van der Waals surface area (Å²) in [6, 6.07) is 13.5. The van der Waals surface area contributed by atoms with Gasteiger partial charge in [0.15, 0.2) is 11.5 Å². The number of amides is 1. The van der Waals surface area contributed by atoms with Crippen molar-refractivity contribution in [1.82, 2.24) is 15.1 Å². The van der Waals surface area contributed by atoms with Crippen LogP contribution >= 0.6 is 0 Å². The Morgan fingerprint density at radius 2 is 1.79 bits per heavy atom. The zero-order chi connectivity index (χ0) is 20.2. The lowest BCUT2D eigenvalue weighted by molar-refractivity contribution is 0.0886. The van der Waals surface area contributed by atoms with E-state index < -0.39 is 0 Å². The van der Waals surface area contributed by atoms with E-state index in [1.807, 2.05) is 12.1 Å². The van der Waals surface area contributed by atoms with E-state index in [-0.39, 0.29) is 18.7 Å². The Balaban J connectivity index is 1.47. The van der Waals surface area contributed by atoms with Crippen LogP contribution in [0.1, 0.15) is 22.0 Å². The van der Waals surface area contributed by atoms with Crippen molar-refractivity contribution in [2.75, 3.05) is 53.7 Å². The molecule has 0 bridgehead atoms. The number of carbonyl (C=O) groups is 1. The monoisotopic (exact) mass is 397 g/mol. The molecule has 0 aromatic heterocycles. The van der Waals surface area contributed by atoms with Gasteiger partial charge in [-0.25, -0.2) is 0 Å². The Hall–Kier alpha value is -2.77. The number of fused-ring (bicyclic) bond motifs is 1. The molecule has 4 rings (SSSR count). The summed E-state index contributed by atoms with van der Waals surface area (Å²) in [5, 5.41) is 3.10. The number of nitrogens with zero attached hydrogens (tertiary/aromatic N) is 2. The summed E-state index contributed by atoms with van der Waals surface area (Å²) in [4.78, 5) is 17.5. The van der Waals surface area contributed by atoms with Gasteiger partial charge in [0.25, 0.3) is 5.91 Å². The van der Waals surface area contributed by atoms with Gasteiger partial charge in [-0.15, -0.1) is 0 Å². The number of ether oxygens (including phenoxy) is 3. The van der Waals surface area contributed by atoms with Crippen LogP contribution in [0.5, 0.6) is 17.2 Å². The van der Waals surface area contributed by atoms with E-state index in [4.69, 9.17) is 14.2 Å². The Labute approximate surface area is 171 Å². The van der Waals surface area contributed by atoms with Crippen molar-refractivity contribution < 1.29 is 19.0 Å². The summed E-state index contributed by atoms with van der Waals surface area (Å²) >= 11 is 0. The number of carbonyl (C=O) groups excluding carboxylic acids is 1. The third-order valence-corrected chi connectivity index (χ3v) is 5.57. The Bertz CT molecular complexity index is 848. The molecule has 1 atom stereocenters. The maximum absolute atomic E-state index is 12.8. The highest BCUT2D eigenvalue weighted by atomic mass is 16.7. The number of hydrogen-bond acceptors (Lipinski definition) is 6. The van der Waals surface area contributed by atoms with Gasteiger partial charge in [-0.1, -0.05) is 12.1 Å². The molecule has 0 aliphatic carbocycles. The van der Waals surface area contributed by atoms with Crippen LogP contribution in [0, 0.1) is 0 Å². The SMILES string of the molecule is COc1ccc([C@H](CNC(=O)c2ccc3c(c2)OCO3)N2CCN(C)CC2)cc1. The molecule has 0 radical (unpaired) electrons. The van der Waals surface area contributed by atoms with Crippen molar-refractivity contribution >= 4 is 5.91 Å². The minimum absolute atomic E-state index is 0.104. The van der Waals surface area contributed by atoms with Gasteiger partial charge in [0.1, 0.15) is 5.75 Å². The van der Waals surface area contributed by atoms with Crippen LogP contribution < -0.4 is 19.5 Å². The van der Waals surface area contributed by atoms with Crippen molar-refractivity contribution in [2.24, 2.45) is 0 Å². The van der Waals surface area contributed by atoms with Crippen molar-refractivity contribution in [1.29, 1.82) is 0 Å². The Kier molecular flexibility index (Phi) is 5.87. The number of nitrogens with one attached hydrogen (secondary N) is 1. The fourth-order valence-corrected chi connectivity index (χ4v) is 3.75. The number of benzene rings is 2. The molecular weight excluding hydrogens is 370 g/mol. The average Bonchev–Trinajstić information content (AvgIpc) is 3.23. The van der Waals surface area contributed by atoms with E-state index in [1.54, 1.807) is 25.3 Å². The van der Waals surface area contributed by atoms with E-state index in [9.17, 15) is 4.79 Å². The van der Waals surface area contributed by atoms with Crippen LogP contribution in [0.4, 0.5) is 0 Å². The molecule has 1 saturated heterocycles. The normalized spacial score (nSPS) is 17.7. The summed E-state index contributed by atoms with van der Waals surface area (Å²) < 4.78 is 16.0. The topological polar surface area (TPSA) is 63.3 Å². The van der Waals surface area contributed by atoms with E-state index >= 15 is 0 Å². The summed E-state index contributed by atoms with van der Waals surface area (Å²) in [5.74, 6) is 2.00. The van der Waals surface area contributed by atoms with Crippen molar-refractivity contribution in [3.05, 3.63) is 53.6 Å². The molecular formula is C22H27N3O4. The molecule has 1 N–H and O–H groups in total. The third-order valence-electron chi connectivity index (χ3n) is 5.57. The highest BCUT2D eigenvalue weighted by molar-refractivity contribution is 5.95.